The Morgan fingerprint density at radius 1 is 1.30 bits per heavy atom. The van der Waals surface area contributed by atoms with E-state index in [0.29, 0.717) is 34.3 Å². The monoisotopic (exact) mass is 383 g/mol. The fourth-order valence-corrected chi connectivity index (χ4v) is 3.69. The second-order valence-electron chi connectivity index (χ2n) is 6.43. The molecule has 7 nitrogen and oxygen atoms in total. The highest BCUT2D eigenvalue weighted by molar-refractivity contribution is 6.33. The maximum Gasteiger partial charge on any atom is 0.148 e. The summed E-state index contributed by atoms with van der Waals surface area (Å²) in [5.41, 5.74) is 9.21. The van der Waals surface area contributed by atoms with Gasteiger partial charge in [0.15, 0.2) is 0 Å². The van der Waals surface area contributed by atoms with Crippen LogP contribution in [-0.2, 0) is 6.42 Å². The number of fused-ring (bicyclic) bond motifs is 2. The van der Waals surface area contributed by atoms with Crippen molar-refractivity contribution in [2.24, 2.45) is 0 Å². The first-order valence-electron chi connectivity index (χ1n) is 8.45. The molecule has 0 saturated carbocycles. The lowest BCUT2D eigenvalue weighted by atomic mass is 9.99. The minimum Gasteiger partial charge on any atom is -0.396 e. The molecule has 9 heteroatoms. The van der Waals surface area contributed by atoms with Gasteiger partial charge in [0.25, 0.3) is 0 Å². The molecule has 3 N–H and O–H groups in total. The van der Waals surface area contributed by atoms with Gasteiger partial charge in [-0.15, -0.1) is 0 Å². The number of aromatic nitrogens is 5. The minimum atomic E-state index is -0.325. The predicted octanol–water partition coefficient (Wildman–Crippen LogP) is 2.98. The molecule has 0 radical (unpaired) electrons. The Hall–Kier alpha value is -3.13. The average Bonchev–Trinajstić information content (AvgIpc) is 3.30. The number of hydrogen-bond acceptors (Lipinski definition) is 5. The number of nitrogens with zero attached hydrogens (tertiary/aromatic N) is 5. The Morgan fingerprint density at radius 2 is 2.19 bits per heavy atom. The van der Waals surface area contributed by atoms with Gasteiger partial charge in [0.2, 0.25) is 0 Å². The maximum absolute atomic E-state index is 14.2. The minimum absolute atomic E-state index is 0.313. The van der Waals surface area contributed by atoms with Crippen molar-refractivity contribution in [1.29, 1.82) is 0 Å². The highest BCUT2D eigenvalue weighted by Crippen LogP contribution is 2.37. The largest absolute Gasteiger partial charge is 0.396 e. The Kier molecular flexibility index (Phi) is 3.54. The summed E-state index contributed by atoms with van der Waals surface area (Å²) in [6, 6.07) is 6.21. The smallest absolute Gasteiger partial charge is 0.148 e. The van der Waals surface area contributed by atoms with E-state index in [1.54, 1.807) is 30.7 Å². The second kappa shape index (κ2) is 5.95. The van der Waals surface area contributed by atoms with E-state index in [0.717, 1.165) is 17.8 Å². The maximum atomic E-state index is 14.2. The summed E-state index contributed by atoms with van der Waals surface area (Å²) in [7, 11) is 0. The molecule has 0 aromatic carbocycles. The van der Waals surface area contributed by atoms with E-state index in [4.69, 9.17) is 17.3 Å². The summed E-state index contributed by atoms with van der Waals surface area (Å²) in [4.78, 5) is 14.2. The van der Waals surface area contributed by atoms with Crippen LogP contribution in [0, 0.1) is 5.82 Å². The molecule has 5 heterocycles. The van der Waals surface area contributed by atoms with Crippen molar-refractivity contribution in [3.05, 3.63) is 70.9 Å². The molecule has 136 valence electrons. The summed E-state index contributed by atoms with van der Waals surface area (Å²) >= 11 is 6.21. The molecule has 27 heavy (non-hydrogen) atoms. The summed E-state index contributed by atoms with van der Waals surface area (Å²) < 4.78 is 15.7. The van der Waals surface area contributed by atoms with Crippen LogP contribution in [0.4, 0.5) is 15.9 Å². The molecule has 0 amide bonds. The number of pyridine rings is 2. The van der Waals surface area contributed by atoms with Crippen molar-refractivity contribution < 1.29 is 4.39 Å². The van der Waals surface area contributed by atoms with Crippen molar-refractivity contribution in [3.63, 3.8) is 0 Å². The SMILES string of the molecule is Nc1cnc(N2CCc3[nH]cnc3[C@H]2c2cc3c(F)cccn3n2)cc1Cl. The number of hydrogen-bond donors (Lipinski definition) is 2. The number of aromatic amines is 1. The number of H-pyrrole nitrogens is 1. The number of nitrogen functional groups attached to an aromatic ring is 1. The van der Waals surface area contributed by atoms with Gasteiger partial charge in [0.1, 0.15) is 23.2 Å². The molecule has 4 aromatic heterocycles. The number of halogens is 2. The van der Waals surface area contributed by atoms with Crippen molar-refractivity contribution in [1.82, 2.24) is 24.6 Å². The Morgan fingerprint density at radius 3 is 3.00 bits per heavy atom. The zero-order valence-corrected chi connectivity index (χ0v) is 14.9. The van der Waals surface area contributed by atoms with Crippen LogP contribution in [0.1, 0.15) is 23.1 Å². The molecule has 4 aromatic rings. The van der Waals surface area contributed by atoms with Crippen LogP contribution in [0.15, 0.2) is 43.0 Å². The molecule has 0 fully saturated rings. The number of imidazole rings is 1. The van der Waals surface area contributed by atoms with Gasteiger partial charge in [0, 0.05) is 30.9 Å². The predicted molar refractivity (Wildman–Crippen MR) is 100 cm³/mol. The fourth-order valence-electron chi connectivity index (χ4n) is 3.54. The van der Waals surface area contributed by atoms with Crippen LogP contribution >= 0.6 is 11.6 Å². The third kappa shape index (κ3) is 2.52. The van der Waals surface area contributed by atoms with Gasteiger partial charge in [-0.05, 0) is 18.2 Å². The molecule has 0 aliphatic carbocycles. The van der Waals surface area contributed by atoms with Gasteiger partial charge in [0.05, 0.1) is 34.6 Å². The fraction of sp³-hybridized carbons (Fsp3) is 0.167. The highest BCUT2D eigenvalue weighted by Gasteiger charge is 2.34. The average molecular weight is 384 g/mol. The van der Waals surface area contributed by atoms with Gasteiger partial charge >= 0.3 is 0 Å². The summed E-state index contributed by atoms with van der Waals surface area (Å²) in [6.07, 6.45) is 5.70. The molecule has 5 rings (SSSR count). The summed E-state index contributed by atoms with van der Waals surface area (Å²) in [5, 5.41) is 5.02. The molecule has 0 saturated heterocycles. The molecule has 0 bridgehead atoms. The Bertz CT molecular complexity index is 1150. The van der Waals surface area contributed by atoms with E-state index < -0.39 is 0 Å². The Balaban J connectivity index is 1.68. The molecule has 0 unspecified atom stereocenters. The Labute approximate surface area is 158 Å². The van der Waals surface area contributed by atoms with E-state index in [2.05, 4.69) is 25.0 Å². The lowest BCUT2D eigenvalue weighted by Gasteiger charge is -2.35. The molecular weight excluding hydrogens is 369 g/mol. The third-order valence-electron chi connectivity index (χ3n) is 4.84. The molecular formula is C18H15ClFN7. The number of anilines is 2. The van der Waals surface area contributed by atoms with Gasteiger partial charge in [-0.3, -0.25) is 0 Å². The van der Waals surface area contributed by atoms with Crippen LogP contribution in [0.25, 0.3) is 5.52 Å². The summed E-state index contributed by atoms with van der Waals surface area (Å²) in [5.74, 6) is 0.347. The van der Waals surface area contributed by atoms with E-state index in [-0.39, 0.29) is 11.9 Å². The molecule has 1 aliphatic rings. The number of nitrogens with one attached hydrogen (secondary N) is 1. The standard InChI is InChI=1S/C18H15ClFN7/c19-10-6-16(22-8-12(10)21)26-5-3-13-17(24-9-23-13)18(26)14-7-15-11(20)2-1-4-27(15)25-14/h1-2,4,6-9,18H,3,5,21H2,(H,23,24)/t18-/m1/s1. The second-order valence-corrected chi connectivity index (χ2v) is 6.84. The van der Waals surface area contributed by atoms with Crippen molar-refractivity contribution in [2.45, 2.75) is 12.5 Å². The van der Waals surface area contributed by atoms with Crippen LogP contribution in [0.3, 0.4) is 0 Å². The van der Waals surface area contributed by atoms with Crippen LogP contribution in [0.2, 0.25) is 5.02 Å². The lowest BCUT2D eigenvalue weighted by molar-refractivity contribution is 0.609. The van der Waals surface area contributed by atoms with E-state index in [1.165, 1.54) is 16.8 Å². The van der Waals surface area contributed by atoms with E-state index in [1.807, 2.05) is 0 Å². The van der Waals surface area contributed by atoms with Gasteiger partial charge in [-0.1, -0.05) is 11.6 Å². The molecule has 1 aliphatic heterocycles. The molecule has 1 atom stereocenters. The van der Waals surface area contributed by atoms with Gasteiger partial charge in [-0.25, -0.2) is 18.9 Å². The van der Waals surface area contributed by atoms with Gasteiger partial charge in [-0.2, -0.15) is 5.10 Å². The number of nitrogens with two attached hydrogens (primary N) is 1. The van der Waals surface area contributed by atoms with Crippen molar-refractivity contribution in [3.8, 4) is 0 Å². The topological polar surface area (TPSA) is 88.1 Å². The van der Waals surface area contributed by atoms with Crippen molar-refractivity contribution in [2.75, 3.05) is 17.2 Å². The van der Waals surface area contributed by atoms with E-state index >= 15 is 0 Å². The number of rotatable bonds is 2. The molecule has 0 spiro atoms. The quantitative estimate of drug-likeness (QED) is 0.555. The lowest BCUT2D eigenvalue weighted by Crippen LogP contribution is -2.37. The zero-order valence-electron chi connectivity index (χ0n) is 14.1. The normalized spacial score (nSPS) is 16.7. The van der Waals surface area contributed by atoms with Crippen LogP contribution in [0.5, 0.6) is 0 Å². The first kappa shape index (κ1) is 16.1. The highest BCUT2D eigenvalue weighted by atomic mass is 35.5. The summed E-state index contributed by atoms with van der Waals surface area (Å²) in [6.45, 7) is 0.684. The first-order valence-corrected chi connectivity index (χ1v) is 8.83. The van der Waals surface area contributed by atoms with Crippen LogP contribution in [-0.4, -0.2) is 31.1 Å². The van der Waals surface area contributed by atoms with Crippen molar-refractivity contribution >= 4 is 28.6 Å². The van der Waals surface area contributed by atoms with Crippen LogP contribution < -0.4 is 10.6 Å². The third-order valence-corrected chi connectivity index (χ3v) is 5.16. The van der Waals surface area contributed by atoms with Gasteiger partial charge < -0.3 is 15.6 Å². The zero-order chi connectivity index (χ0) is 18.5. The van der Waals surface area contributed by atoms with E-state index in [9.17, 15) is 4.39 Å². The first-order chi connectivity index (χ1) is 13.1.